The van der Waals surface area contributed by atoms with Crippen LogP contribution >= 0.6 is 0 Å². The molecule has 15 heavy (non-hydrogen) atoms. The quantitative estimate of drug-likeness (QED) is 0.571. The van der Waals surface area contributed by atoms with E-state index in [-0.39, 0.29) is 0 Å². The summed E-state index contributed by atoms with van der Waals surface area (Å²) < 4.78 is 5.45. The molecule has 0 aliphatic rings. The molecule has 3 rings (SSSR count). The topological polar surface area (TPSA) is 13.1 Å². The largest absolute Gasteiger partial charge is 0.463 e. The summed E-state index contributed by atoms with van der Waals surface area (Å²) in [4.78, 5) is 0. The van der Waals surface area contributed by atoms with Crippen molar-refractivity contribution in [3.8, 4) is 11.1 Å². The Balaban J connectivity index is 2.31. The number of furan rings is 1. The lowest BCUT2D eigenvalue weighted by atomic mass is 10.0. The smallest absolute Gasteiger partial charge is 0.142 e. The van der Waals surface area contributed by atoms with Gasteiger partial charge in [0, 0.05) is 17.0 Å². The molecule has 0 spiro atoms. The van der Waals surface area contributed by atoms with Crippen molar-refractivity contribution in [2.75, 3.05) is 0 Å². The van der Waals surface area contributed by atoms with Gasteiger partial charge in [-0.15, -0.1) is 0 Å². The lowest BCUT2D eigenvalue weighted by Gasteiger charge is -2.01. The van der Waals surface area contributed by atoms with Gasteiger partial charge in [0.05, 0.1) is 6.26 Å². The summed E-state index contributed by atoms with van der Waals surface area (Å²) in [6.45, 7) is 0. The van der Waals surface area contributed by atoms with Crippen molar-refractivity contribution in [3.05, 3.63) is 60.9 Å². The van der Waals surface area contributed by atoms with Gasteiger partial charge in [-0.2, -0.15) is 0 Å². The van der Waals surface area contributed by atoms with E-state index in [1.165, 1.54) is 5.56 Å². The van der Waals surface area contributed by atoms with Crippen LogP contribution in [0.4, 0.5) is 0 Å². The first-order valence-corrected chi connectivity index (χ1v) is 4.88. The van der Waals surface area contributed by atoms with Crippen molar-refractivity contribution < 1.29 is 4.42 Å². The first-order chi connectivity index (χ1) is 7.45. The third-order valence-electron chi connectivity index (χ3n) is 2.49. The van der Waals surface area contributed by atoms with Crippen molar-refractivity contribution in [1.29, 1.82) is 0 Å². The standard InChI is InChI=1S/C14H9O/c1-2-5-11(6-3-1)13-8-4-7-12-9-10-15-14(12)13/h1-8,10H. The Kier molecular flexibility index (Phi) is 1.82. The summed E-state index contributed by atoms with van der Waals surface area (Å²) in [6, 6.07) is 19.4. The van der Waals surface area contributed by atoms with Crippen molar-refractivity contribution in [1.82, 2.24) is 0 Å². The molecular weight excluding hydrogens is 184 g/mol. The number of para-hydroxylation sites is 1. The second kappa shape index (κ2) is 3.28. The SMILES string of the molecule is [c]1coc2c(-c3ccccc3)cccc12. The minimum atomic E-state index is 0.906. The number of rotatable bonds is 1. The second-order valence-corrected chi connectivity index (χ2v) is 3.43. The molecule has 2 aromatic carbocycles. The first-order valence-electron chi connectivity index (χ1n) is 4.88. The van der Waals surface area contributed by atoms with E-state index in [9.17, 15) is 0 Å². The van der Waals surface area contributed by atoms with Gasteiger partial charge < -0.3 is 4.42 Å². The van der Waals surface area contributed by atoms with Crippen LogP contribution in [0.15, 0.2) is 59.2 Å². The fraction of sp³-hybridized carbons (Fsp3) is 0. The highest BCUT2D eigenvalue weighted by atomic mass is 16.3. The Morgan fingerprint density at radius 1 is 0.867 bits per heavy atom. The highest BCUT2D eigenvalue weighted by molar-refractivity contribution is 5.91. The van der Waals surface area contributed by atoms with E-state index in [1.807, 2.05) is 30.3 Å². The molecule has 1 aromatic heterocycles. The predicted octanol–water partition coefficient (Wildman–Crippen LogP) is 3.90. The van der Waals surface area contributed by atoms with E-state index in [0.717, 1.165) is 16.5 Å². The van der Waals surface area contributed by atoms with E-state index in [1.54, 1.807) is 6.26 Å². The fourth-order valence-electron chi connectivity index (χ4n) is 1.77. The zero-order chi connectivity index (χ0) is 10.1. The average Bonchev–Trinajstić information content (AvgIpc) is 2.78. The van der Waals surface area contributed by atoms with Gasteiger partial charge in [-0.05, 0) is 5.56 Å². The second-order valence-electron chi connectivity index (χ2n) is 3.43. The zero-order valence-electron chi connectivity index (χ0n) is 8.10. The van der Waals surface area contributed by atoms with Crippen LogP contribution < -0.4 is 0 Å². The number of hydrogen-bond acceptors (Lipinski definition) is 1. The normalized spacial score (nSPS) is 10.7. The molecule has 1 nitrogen and oxygen atoms in total. The molecule has 0 aliphatic carbocycles. The van der Waals surface area contributed by atoms with Crippen molar-refractivity contribution in [2.24, 2.45) is 0 Å². The van der Waals surface area contributed by atoms with Gasteiger partial charge in [-0.25, -0.2) is 0 Å². The van der Waals surface area contributed by atoms with Gasteiger partial charge in [-0.3, -0.25) is 0 Å². The molecule has 3 aromatic rings. The molecule has 0 saturated carbocycles. The molecule has 0 amide bonds. The maximum absolute atomic E-state index is 5.45. The molecule has 1 radical (unpaired) electrons. The van der Waals surface area contributed by atoms with Crippen LogP contribution in [-0.2, 0) is 0 Å². The molecule has 1 heteroatoms. The van der Waals surface area contributed by atoms with Crippen LogP contribution in [0, 0.1) is 6.07 Å². The lowest BCUT2D eigenvalue weighted by molar-refractivity contribution is 0.616. The first kappa shape index (κ1) is 8.30. The molecule has 0 saturated heterocycles. The van der Waals surface area contributed by atoms with E-state index in [2.05, 4.69) is 24.3 Å². The molecule has 0 unspecified atom stereocenters. The minimum absolute atomic E-state index is 0.906. The maximum Gasteiger partial charge on any atom is 0.142 e. The Bertz CT molecular complexity index is 578. The van der Waals surface area contributed by atoms with Crippen LogP contribution in [0.3, 0.4) is 0 Å². The molecule has 0 bridgehead atoms. The van der Waals surface area contributed by atoms with Crippen LogP contribution in [0.2, 0.25) is 0 Å². The summed E-state index contributed by atoms with van der Waals surface area (Å²) in [5, 5.41) is 1.02. The highest BCUT2D eigenvalue weighted by Gasteiger charge is 2.05. The number of benzene rings is 2. The summed E-state index contributed by atoms with van der Waals surface area (Å²) in [5.74, 6) is 0. The van der Waals surface area contributed by atoms with Crippen LogP contribution in [0.1, 0.15) is 0 Å². The summed E-state index contributed by atoms with van der Waals surface area (Å²) >= 11 is 0. The molecule has 0 N–H and O–H groups in total. The molecule has 71 valence electrons. The molecule has 0 aliphatic heterocycles. The third kappa shape index (κ3) is 1.33. The summed E-state index contributed by atoms with van der Waals surface area (Å²) in [7, 11) is 0. The van der Waals surface area contributed by atoms with Gasteiger partial charge >= 0.3 is 0 Å². The summed E-state index contributed by atoms with van der Waals surface area (Å²) in [6.07, 6.45) is 1.61. The van der Waals surface area contributed by atoms with E-state index >= 15 is 0 Å². The Morgan fingerprint density at radius 2 is 1.73 bits per heavy atom. The third-order valence-corrected chi connectivity index (χ3v) is 2.49. The van der Waals surface area contributed by atoms with Crippen molar-refractivity contribution in [2.45, 2.75) is 0 Å². The zero-order valence-corrected chi connectivity index (χ0v) is 8.10. The number of fused-ring (bicyclic) bond motifs is 1. The van der Waals surface area contributed by atoms with E-state index < -0.39 is 0 Å². The van der Waals surface area contributed by atoms with E-state index in [4.69, 9.17) is 4.42 Å². The molecular formula is C14H9O. The van der Waals surface area contributed by atoms with Crippen molar-refractivity contribution >= 4 is 11.0 Å². The molecule has 0 fully saturated rings. The van der Waals surface area contributed by atoms with Gasteiger partial charge in [0.15, 0.2) is 0 Å². The van der Waals surface area contributed by atoms with Crippen LogP contribution in [0.5, 0.6) is 0 Å². The average molecular weight is 193 g/mol. The summed E-state index contributed by atoms with van der Waals surface area (Å²) in [5.41, 5.74) is 3.20. The molecule has 1 heterocycles. The van der Waals surface area contributed by atoms with Crippen LogP contribution in [-0.4, -0.2) is 0 Å². The Morgan fingerprint density at radius 3 is 2.60 bits per heavy atom. The van der Waals surface area contributed by atoms with Crippen molar-refractivity contribution in [3.63, 3.8) is 0 Å². The minimum Gasteiger partial charge on any atom is -0.463 e. The predicted molar refractivity (Wildman–Crippen MR) is 60.5 cm³/mol. The lowest BCUT2D eigenvalue weighted by Crippen LogP contribution is -1.77. The van der Waals surface area contributed by atoms with Gasteiger partial charge in [0.2, 0.25) is 0 Å². The number of hydrogen-bond donors (Lipinski definition) is 0. The highest BCUT2D eigenvalue weighted by Crippen LogP contribution is 2.28. The van der Waals surface area contributed by atoms with Gasteiger partial charge in [0.1, 0.15) is 5.58 Å². The Labute approximate surface area is 88.0 Å². The van der Waals surface area contributed by atoms with Gasteiger partial charge in [-0.1, -0.05) is 48.5 Å². The van der Waals surface area contributed by atoms with Crippen LogP contribution in [0.25, 0.3) is 22.1 Å². The van der Waals surface area contributed by atoms with E-state index in [0.29, 0.717) is 0 Å². The fourth-order valence-corrected chi connectivity index (χ4v) is 1.77. The molecule has 0 atom stereocenters. The monoisotopic (exact) mass is 193 g/mol. The van der Waals surface area contributed by atoms with Gasteiger partial charge in [0.25, 0.3) is 0 Å². The Hall–Kier alpha value is -2.02. The maximum atomic E-state index is 5.45.